The van der Waals surface area contributed by atoms with Crippen molar-refractivity contribution in [2.75, 3.05) is 6.54 Å². The zero-order chi connectivity index (χ0) is 8.43. The average molecular weight is 194 g/mol. The Bertz CT molecular complexity index is 163. The maximum atomic E-state index is 10.6. The van der Waals surface area contributed by atoms with E-state index in [2.05, 4.69) is 12.2 Å². The molecule has 0 spiro atoms. The quantitative estimate of drug-likeness (QED) is 0.657. The fourth-order valence-electron chi connectivity index (χ4n) is 1.71. The summed E-state index contributed by atoms with van der Waals surface area (Å²) in [6.07, 6.45) is 1.02. The maximum Gasteiger partial charge on any atom is 0.320 e. The molecule has 3 atom stereocenters. The summed E-state index contributed by atoms with van der Waals surface area (Å²) < 4.78 is 0. The van der Waals surface area contributed by atoms with Crippen molar-refractivity contribution in [3.63, 3.8) is 0 Å². The Kier molecular flexibility index (Phi) is 4.57. The molecule has 0 radical (unpaired) electrons. The van der Waals surface area contributed by atoms with Gasteiger partial charge in [0.15, 0.2) is 0 Å². The van der Waals surface area contributed by atoms with E-state index in [9.17, 15) is 4.79 Å². The molecule has 1 heterocycles. The first-order valence-corrected chi connectivity index (χ1v) is 4.07. The molecule has 72 valence electrons. The zero-order valence-electron chi connectivity index (χ0n) is 7.41. The van der Waals surface area contributed by atoms with Gasteiger partial charge < -0.3 is 10.4 Å². The first-order chi connectivity index (χ1) is 5.11. The lowest BCUT2D eigenvalue weighted by atomic mass is 9.87. The topological polar surface area (TPSA) is 49.3 Å². The number of nitrogens with one attached hydrogen (secondary N) is 1. The molecule has 0 aromatic heterocycles. The van der Waals surface area contributed by atoms with Gasteiger partial charge in [-0.3, -0.25) is 4.79 Å². The Morgan fingerprint density at radius 2 is 2.08 bits per heavy atom. The van der Waals surface area contributed by atoms with E-state index in [1.54, 1.807) is 0 Å². The minimum absolute atomic E-state index is 0. The number of carbonyl (C=O) groups is 1. The Morgan fingerprint density at radius 3 is 2.50 bits per heavy atom. The molecule has 2 N–H and O–H groups in total. The molecule has 4 heteroatoms. The van der Waals surface area contributed by atoms with Crippen LogP contribution in [0.5, 0.6) is 0 Å². The number of piperidine rings is 1. The van der Waals surface area contributed by atoms with Crippen LogP contribution in [0.15, 0.2) is 0 Å². The normalized spacial score (nSPS) is 35.3. The molecule has 0 bridgehead atoms. The van der Waals surface area contributed by atoms with Crippen molar-refractivity contribution in [1.29, 1.82) is 0 Å². The maximum absolute atomic E-state index is 10.6. The van der Waals surface area contributed by atoms with E-state index in [0.717, 1.165) is 13.0 Å². The summed E-state index contributed by atoms with van der Waals surface area (Å²) in [4.78, 5) is 10.6. The van der Waals surface area contributed by atoms with Gasteiger partial charge in [0.1, 0.15) is 6.04 Å². The minimum atomic E-state index is -0.718. The number of carboxylic acid groups (broad SMARTS) is 1. The Balaban J connectivity index is 0.00000121. The third kappa shape index (κ3) is 2.64. The van der Waals surface area contributed by atoms with E-state index < -0.39 is 5.97 Å². The lowest BCUT2D eigenvalue weighted by Crippen LogP contribution is -2.48. The van der Waals surface area contributed by atoms with Gasteiger partial charge in [0, 0.05) is 0 Å². The van der Waals surface area contributed by atoms with Crippen LogP contribution in [0.3, 0.4) is 0 Å². The van der Waals surface area contributed by atoms with Crippen molar-refractivity contribution < 1.29 is 9.90 Å². The van der Waals surface area contributed by atoms with E-state index in [4.69, 9.17) is 5.11 Å². The smallest absolute Gasteiger partial charge is 0.320 e. The molecular formula is C8H16ClNO2. The third-order valence-electron chi connectivity index (χ3n) is 2.30. The molecule has 1 aliphatic rings. The van der Waals surface area contributed by atoms with E-state index in [-0.39, 0.29) is 24.4 Å². The van der Waals surface area contributed by atoms with E-state index in [1.807, 2.05) is 6.92 Å². The second-order valence-electron chi connectivity index (χ2n) is 3.54. The highest BCUT2D eigenvalue weighted by Crippen LogP contribution is 2.19. The molecule has 3 nitrogen and oxygen atoms in total. The van der Waals surface area contributed by atoms with Crippen molar-refractivity contribution in [3.8, 4) is 0 Å². The van der Waals surface area contributed by atoms with Crippen molar-refractivity contribution >= 4 is 18.4 Å². The number of carboxylic acids is 1. The van der Waals surface area contributed by atoms with Gasteiger partial charge in [-0.15, -0.1) is 12.4 Å². The Morgan fingerprint density at radius 1 is 1.50 bits per heavy atom. The molecular weight excluding hydrogens is 178 g/mol. The molecule has 1 saturated heterocycles. The van der Waals surface area contributed by atoms with Crippen LogP contribution in [0, 0.1) is 11.8 Å². The number of hydrogen-bond donors (Lipinski definition) is 2. The number of hydrogen-bond acceptors (Lipinski definition) is 2. The lowest BCUT2D eigenvalue weighted by Gasteiger charge is -2.30. The highest BCUT2D eigenvalue weighted by atomic mass is 35.5. The summed E-state index contributed by atoms with van der Waals surface area (Å²) in [6, 6.07) is -0.328. The molecule has 0 aliphatic carbocycles. The third-order valence-corrected chi connectivity index (χ3v) is 2.30. The molecule has 1 fully saturated rings. The van der Waals surface area contributed by atoms with Crippen LogP contribution in [0.1, 0.15) is 20.3 Å². The molecule has 12 heavy (non-hydrogen) atoms. The fraction of sp³-hybridized carbons (Fsp3) is 0.875. The van der Waals surface area contributed by atoms with Crippen molar-refractivity contribution in [1.82, 2.24) is 5.32 Å². The Hall–Kier alpha value is -0.280. The molecule has 3 unspecified atom stereocenters. The summed E-state index contributed by atoms with van der Waals surface area (Å²) >= 11 is 0. The highest BCUT2D eigenvalue weighted by molar-refractivity contribution is 5.85. The van der Waals surface area contributed by atoms with Crippen LogP contribution < -0.4 is 5.32 Å². The predicted octanol–water partition coefficient (Wildman–Crippen LogP) is 1.13. The minimum Gasteiger partial charge on any atom is -0.480 e. The second-order valence-corrected chi connectivity index (χ2v) is 3.54. The Labute approximate surface area is 78.9 Å². The first kappa shape index (κ1) is 11.7. The van der Waals surface area contributed by atoms with Crippen LogP contribution in [0.2, 0.25) is 0 Å². The van der Waals surface area contributed by atoms with Crippen molar-refractivity contribution in [3.05, 3.63) is 0 Å². The lowest BCUT2D eigenvalue weighted by molar-refractivity contribution is -0.141. The fourth-order valence-corrected chi connectivity index (χ4v) is 1.71. The van der Waals surface area contributed by atoms with Gasteiger partial charge in [-0.1, -0.05) is 13.8 Å². The number of aliphatic carboxylic acids is 1. The van der Waals surface area contributed by atoms with Gasteiger partial charge >= 0.3 is 5.97 Å². The summed E-state index contributed by atoms with van der Waals surface area (Å²) in [5.41, 5.74) is 0. The average Bonchev–Trinajstić information content (AvgIpc) is 1.85. The van der Waals surface area contributed by atoms with E-state index >= 15 is 0 Å². The van der Waals surface area contributed by atoms with Crippen LogP contribution in [-0.4, -0.2) is 23.7 Å². The highest BCUT2D eigenvalue weighted by Gasteiger charge is 2.29. The van der Waals surface area contributed by atoms with Gasteiger partial charge in [0.25, 0.3) is 0 Å². The molecule has 1 rings (SSSR count). The van der Waals surface area contributed by atoms with Gasteiger partial charge in [-0.05, 0) is 24.8 Å². The standard InChI is InChI=1S/C8H15NO2.ClH/c1-5-3-6(2)7(8(10)11)9-4-5;/h5-7,9H,3-4H2,1-2H3,(H,10,11);1H. The van der Waals surface area contributed by atoms with Gasteiger partial charge in [-0.25, -0.2) is 0 Å². The molecule has 1 aliphatic heterocycles. The summed E-state index contributed by atoms with van der Waals surface area (Å²) in [7, 11) is 0. The summed E-state index contributed by atoms with van der Waals surface area (Å²) in [5.74, 6) is 0.154. The van der Waals surface area contributed by atoms with Crippen LogP contribution in [-0.2, 0) is 4.79 Å². The summed E-state index contributed by atoms with van der Waals surface area (Å²) in [5, 5.41) is 11.8. The van der Waals surface area contributed by atoms with Crippen LogP contribution in [0.25, 0.3) is 0 Å². The predicted molar refractivity (Wildman–Crippen MR) is 49.6 cm³/mol. The summed E-state index contributed by atoms with van der Waals surface area (Å²) in [6.45, 7) is 4.96. The molecule has 0 aromatic rings. The van der Waals surface area contributed by atoms with E-state index in [1.165, 1.54) is 0 Å². The van der Waals surface area contributed by atoms with Crippen molar-refractivity contribution in [2.24, 2.45) is 11.8 Å². The van der Waals surface area contributed by atoms with Gasteiger partial charge in [0.05, 0.1) is 0 Å². The molecule has 0 amide bonds. The largest absolute Gasteiger partial charge is 0.480 e. The first-order valence-electron chi connectivity index (χ1n) is 4.07. The zero-order valence-corrected chi connectivity index (χ0v) is 8.23. The van der Waals surface area contributed by atoms with Crippen LogP contribution >= 0.6 is 12.4 Å². The monoisotopic (exact) mass is 193 g/mol. The van der Waals surface area contributed by atoms with Crippen LogP contribution in [0.4, 0.5) is 0 Å². The number of halogens is 1. The van der Waals surface area contributed by atoms with Crippen molar-refractivity contribution in [2.45, 2.75) is 26.3 Å². The second kappa shape index (κ2) is 4.67. The van der Waals surface area contributed by atoms with E-state index in [0.29, 0.717) is 5.92 Å². The molecule has 0 saturated carbocycles. The molecule has 0 aromatic carbocycles. The van der Waals surface area contributed by atoms with Gasteiger partial charge in [0.2, 0.25) is 0 Å². The number of rotatable bonds is 1. The van der Waals surface area contributed by atoms with Gasteiger partial charge in [-0.2, -0.15) is 0 Å². The SMILES string of the molecule is CC1CNC(C(=O)O)C(C)C1.Cl.